The molecule has 0 radical (unpaired) electrons. The van der Waals surface area contributed by atoms with Crippen LogP contribution in [0.4, 0.5) is 0 Å². The van der Waals surface area contributed by atoms with Gasteiger partial charge in [-0.05, 0) is 18.8 Å². The maximum absolute atomic E-state index is 12.1. The minimum atomic E-state index is -0.0114. The van der Waals surface area contributed by atoms with Gasteiger partial charge in [-0.2, -0.15) is 0 Å². The van der Waals surface area contributed by atoms with E-state index in [0.29, 0.717) is 19.3 Å². The number of rotatable bonds is 1. The molecule has 2 rings (SSSR count). The molecule has 6 heteroatoms. The van der Waals surface area contributed by atoms with Crippen molar-refractivity contribution in [3.8, 4) is 0 Å². The molecule has 0 bridgehead atoms. The van der Waals surface area contributed by atoms with Crippen LogP contribution < -0.4 is 5.32 Å². The lowest BCUT2D eigenvalue weighted by atomic mass is 10.0. The van der Waals surface area contributed by atoms with Gasteiger partial charge in [0.15, 0.2) is 0 Å². The van der Waals surface area contributed by atoms with Crippen LogP contribution in [0, 0.1) is 11.8 Å². The molecule has 1 aromatic rings. The molecule has 1 amide bonds. The summed E-state index contributed by atoms with van der Waals surface area (Å²) in [6, 6.07) is 0.0417. The van der Waals surface area contributed by atoms with Gasteiger partial charge in [0, 0.05) is 5.92 Å². The van der Waals surface area contributed by atoms with Crippen molar-refractivity contribution >= 4 is 5.91 Å². The Kier molecular flexibility index (Phi) is 4.52. The average molecular weight is 266 g/mol. The molecule has 1 aliphatic rings. The molecule has 0 aromatic carbocycles. The fourth-order valence-corrected chi connectivity index (χ4v) is 2.07. The van der Waals surface area contributed by atoms with Crippen molar-refractivity contribution in [3.05, 3.63) is 11.9 Å². The monoisotopic (exact) mass is 266 g/mol. The van der Waals surface area contributed by atoms with Crippen molar-refractivity contribution in [3.63, 3.8) is 0 Å². The lowest BCUT2D eigenvalue weighted by Gasteiger charge is -2.23. The number of fused-ring (bicyclic) bond motifs is 1. The van der Waals surface area contributed by atoms with E-state index in [1.165, 1.54) is 0 Å². The fraction of sp³-hybridized carbons (Fsp3) is 0.769. The van der Waals surface area contributed by atoms with E-state index in [1.54, 1.807) is 10.9 Å². The van der Waals surface area contributed by atoms with Gasteiger partial charge in [-0.15, -0.1) is 5.10 Å². The van der Waals surface area contributed by atoms with E-state index in [0.717, 1.165) is 18.5 Å². The molecule has 106 valence electrons. The minimum absolute atomic E-state index is 0.0114. The van der Waals surface area contributed by atoms with Gasteiger partial charge in [-0.25, -0.2) is 4.68 Å². The number of nitrogens with zero attached hydrogens (tertiary/aromatic N) is 3. The molecule has 2 heterocycles. The summed E-state index contributed by atoms with van der Waals surface area (Å²) in [4.78, 5) is 12.1. The smallest absolute Gasteiger partial charge is 0.223 e. The van der Waals surface area contributed by atoms with Gasteiger partial charge in [0.25, 0.3) is 0 Å². The normalized spacial score (nSPS) is 25.6. The van der Waals surface area contributed by atoms with Gasteiger partial charge in [0.05, 0.1) is 24.5 Å². The zero-order valence-electron chi connectivity index (χ0n) is 11.8. The van der Waals surface area contributed by atoms with Crippen molar-refractivity contribution < 1.29 is 9.53 Å². The highest BCUT2D eigenvalue weighted by molar-refractivity contribution is 5.78. The van der Waals surface area contributed by atoms with Crippen LogP contribution in [0.5, 0.6) is 0 Å². The van der Waals surface area contributed by atoms with Gasteiger partial charge >= 0.3 is 0 Å². The molecule has 2 atom stereocenters. The number of carbonyl (C=O) groups excluding carboxylic acids is 1. The summed E-state index contributed by atoms with van der Waals surface area (Å²) in [5, 5.41) is 11.0. The Morgan fingerprint density at radius 1 is 1.53 bits per heavy atom. The summed E-state index contributed by atoms with van der Waals surface area (Å²) in [7, 11) is 0. The molecule has 1 aliphatic heterocycles. The first-order valence-corrected chi connectivity index (χ1v) is 6.83. The number of carbonyl (C=O) groups is 1. The van der Waals surface area contributed by atoms with Gasteiger partial charge in [-0.3, -0.25) is 4.79 Å². The topological polar surface area (TPSA) is 69.0 Å². The predicted octanol–water partition coefficient (Wildman–Crippen LogP) is 0.975. The van der Waals surface area contributed by atoms with E-state index in [4.69, 9.17) is 4.74 Å². The number of nitrogens with one attached hydrogen (secondary N) is 1. The second-order valence-electron chi connectivity index (χ2n) is 5.52. The molecule has 0 fully saturated rings. The Labute approximate surface area is 113 Å². The molecule has 0 unspecified atom stereocenters. The van der Waals surface area contributed by atoms with Gasteiger partial charge in [0.2, 0.25) is 5.91 Å². The first-order valence-electron chi connectivity index (χ1n) is 6.83. The van der Waals surface area contributed by atoms with E-state index in [9.17, 15) is 4.79 Å². The Morgan fingerprint density at radius 2 is 2.32 bits per heavy atom. The van der Waals surface area contributed by atoms with Crippen molar-refractivity contribution in [1.29, 1.82) is 0 Å². The van der Waals surface area contributed by atoms with Gasteiger partial charge in [0.1, 0.15) is 6.73 Å². The van der Waals surface area contributed by atoms with E-state index in [2.05, 4.69) is 29.5 Å². The third-order valence-electron chi connectivity index (χ3n) is 3.62. The Hall–Kier alpha value is -1.43. The van der Waals surface area contributed by atoms with Gasteiger partial charge < -0.3 is 10.1 Å². The lowest BCUT2D eigenvalue weighted by Crippen LogP contribution is -2.44. The fourth-order valence-electron chi connectivity index (χ4n) is 2.07. The van der Waals surface area contributed by atoms with Crippen LogP contribution in [0.25, 0.3) is 0 Å². The lowest BCUT2D eigenvalue weighted by molar-refractivity contribution is -0.126. The van der Waals surface area contributed by atoms with Crippen LogP contribution in [0.3, 0.4) is 0 Å². The Bertz CT molecular complexity index is 430. The molecule has 0 saturated heterocycles. The summed E-state index contributed by atoms with van der Waals surface area (Å²) in [5.41, 5.74) is 1.02. The average Bonchev–Trinajstić information content (AvgIpc) is 2.80. The van der Waals surface area contributed by atoms with E-state index in [-0.39, 0.29) is 17.9 Å². The number of amides is 1. The standard InChI is InChI=1S/C13H22N4O2/c1-9(2)12-7-19-8-17-11(6-14-16-17)5-4-10(3)13(18)15-12/h6,9-10,12H,4-5,7-8H2,1-3H3,(H,15,18)/t10-,12+/m0/s1. The highest BCUT2D eigenvalue weighted by Gasteiger charge is 2.22. The first-order chi connectivity index (χ1) is 9.08. The highest BCUT2D eigenvalue weighted by Crippen LogP contribution is 2.12. The number of aryl methyl sites for hydroxylation is 1. The van der Waals surface area contributed by atoms with Crippen molar-refractivity contribution in [2.24, 2.45) is 11.8 Å². The molecule has 1 N–H and O–H groups in total. The van der Waals surface area contributed by atoms with E-state index in [1.807, 2.05) is 6.92 Å². The zero-order chi connectivity index (χ0) is 13.8. The second-order valence-corrected chi connectivity index (χ2v) is 5.52. The zero-order valence-corrected chi connectivity index (χ0v) is 11.8. The molecule has 0 aliphatic carbocycles. The molecular weight excluding hydrogens is 244 g/mol. The van der Waals surface area contributed by atoms with Crippen LogP contribution in [0.2, 0.25) is 0 Å². The largest absolute Gasteiger partial charge is 0.357 e. The number of ether oxygens (including phenoxy) is 1. The first kappa shape index (κ1) is 14.0. The third kappa shape index (κ3) is 3.53. The summed E-state index contributed by atoms with van der Waals surface area (Å²) in [5.74, 6) is 0.429. The van der Waals surface area contributed by atoms with Crippen molar-refractivity contribution in [1.82, 2.24) is 20.3 Å². The highest BCUT2D eigenvalue weighted by atomic mass is 16.5. The maximum atomic E-state index is 12.1. The van der Waals surface area contributed by atoms with Crippen LogP contribution in [0.15, 0.2) is 6.20 Å². The second kappa shape index (κ2) is 6.14. The summed E-state index contributed by atoms with van der Waals surface area (Å²) in [6.07, 6.45) is 3.33. The summed E-state index contributed by atoms with van der Waals surface area (Å²) in [6.45, 7) is 7.01. The summed E-state index contributed by atoms with van der Waals surface area (Å²) >= 11 is 0. The Balaban J connectivity index is 2.13. The number of hydrogen-bond acceptors (Lipinski definition) is 4. The van der Waals surface area contributed by atoms with Crippen LogP contribution in [-0.4, -0.2) is 33.5 Å². The van der Waals surface area contributed by atoms with E-state index < -0.39 is 0 Å². The van der Waals surface area contributed by atoms with E-state index >= 15 is 0 Å². The maximum Gasteiger partial charge on any atom is 0.223 e. The number of hydrogen-bond donors (Lipinski definition) is 1. The molecule has 6 nitrogen and oxygen atoms in total. The minimum Gasteiger partial charge on any atom is -0.357 e. The predicted molar refractivity (Wildman–Crippen MR) is 70.2 cm³/mol. The SMILES string of the molecule is CC(C)[C@H]1COCn2nncc2CC[C@H](C)C(=O)N1. The van der Waals surface area contributed by atoms with Gasteiger partial charge in [-0.1, -0.05) is 26.0 Å². The summed E-state index contributed by atoms with van der Waals surface area (Å²) < 4.78 is 7.42. The Morgan fingerprint density at radius 3 is 3.05 bits per heavy atom. The van der Waals surface area contributed by atoms with Crippen LogP contribution >= 0.6 is 0 Å². The van der Waals surface area contributed by atoms with Crippen LogP contribution in [0.1, 0.15) is 32.9 Å². The molecular formula is C13H22N4O2. The molecule has 0 spiro atoms. The van der Waals surface area contributed by atoms with Crippen LogP contribution in [-0.2, 0) is 22.7 Å². The van der Waals surface area contributed by atoms with Crippen molar-refractivity contribution in [2.45, 2.75) is 46.4 Å². The molecule has 1 aromatic heterocycles. The number of aromatic nitrogens is 3. The molecule has 19 heavy (non-hydrogen) atoms. The quantitative estimate of drug-likeness (QED) is 0.822. The third-order valence-corrected chi connectivity index (χ3v) is 3.62. The van der Waals surface area contributed by atoms with Crippen molar-refractivity contribution in [2.75, 3.05) is 6.61 Å². The molecule has 0 saturated carbocycles.